The Kier molecular flexibility index (Phi) is 6.77. The molecule has 41 heavy (non-hydrogen) atoms. The topological polar surface area (TPSA) is 104 Å². The summed E-state index contributed by atoms with van der Waals surface area (Å²) in [7, 11) is 2.12. The Hall–Kier alpha value is -3.90. The molecule has 1 aliphatic carbocycles. The number of likely N-dealkylation sites (N-methyl/N-ethyl adjacent to an activating group) is 1. The predicted molar refractivity (Wildman–Crippen MR) is 155 cm³/mol. The van der Waals surface area contributed by atoms with Crippen molar-refractivity contribution < 1.29 is 13.9 Å². The molecule has 216 valence electrons. The zero-order chi connectivity index (χ0) is 28.9. The number of alkyl halides is 2. The van der Waals surface area contributed by atoms with E-state index in [-0.39, 0.29) is 35.6 Å². The first kappa shape index (κ1) is 27.3. The number of halogens is 2. The second kappa shape index (κ2) is 10.2. The number of aliphatic hydroxyl groups is 1. The van der Waals surface area contributed by atoms with Crippen LogP contribution in [0.25, 0.3) is 11.0 Å². The van der Waals surface area contributed by atoms with Crippen LogP contribution in [0.4, 0.5) is 26.1 Å². The van der Waals surface area contributed by atoms with Crippen molar-refractivity contribution in [3.05, 3.63) is 65.1 Å². The zero-order valence-corrected chi connectivity index (χ0v) is 23.2. The smallest absolute Gasteiger partial charge is 0.279 e. The highest BCUT2D eigenvalue weighted by molar-refractivity contribution is 6.09. The second-order valence-corrected chi connectivity index (χ2v) is 11.1. The summed E-state index contributed by atoms with van der Waals surface area (Å²) in [4.78, 5) is 31.6. The van der Waals surface area contributed by atoms with E-state index in [4.69, 9.17) is 0 Å². The van der Waals surface area contributed by atoms with Gasteiger partial charge in [0.15, 0.2) is 11.2 Å². The lowest BCUT2D eigenvalue weighted by molar-refractivity contribution is -0.127. The first-order chi connectivity index (χ1) is 19.6. The molecule has 0 amide bonds. The lowest BCUT2D eigenvalue weighted by Gasteiger charge is -2.34. The number of hydrogen-bond acceptors (Lipinski definition) is 8. The van der Waals surface area contributed by atoms with Crippen LogP contribution < -0.4 is 15.8 Å². The van der Waals surface area contributed by atoms with Gasteiger partial charge in [-0.1, -0.05) is 12.2 Å². The summed E-state index contributed by atoms with van der Waals surface area (Å²) in [6, 6.07) is 8.03. The molecular formula is C29H34F2N8O2. The lowest BCUT2D eigenvalue weighted by atomic mass is 9.91. The first-order valence-corrected chi connectivity index (χ1v) is 13.9. The molecule has 0 spiro atoms. The van der Waals surface area contributed by atoms with E-state index < -0.39 is 17.7 Å². The summed E-state index contributed by atoms with van der Waals surface area (Å²) >= 11 is 0. The third-order valence-corrected chi connectivity index (χ3v) is 8.32. The largest absolute Gasteiger partial charge is 0.377 e. The van der Waals surface area contributed by atoms with E-state index in [1.807, 2.05) is 18.2 Å². The van der Waals surface area contributed by atoms with Gasteiger partial charge >= 0.3 is 0 Å². The van der Waals surface area contributed by atoms with Crippen molar-refractivity contribution in [2.75, 3.05) is 43.4 Å². The van der Waals surface area contributed by atoms with Gasteiger partial charge in [0.25, 0.3) is 11.5 Å². The molecule has 2 unspecified atom stereocenters. The number of nitrogens with one attached hydrogen (secondary N) is 1. The summed E-state index contributed by atoms with van der Waals surface area (Å²) in [5.41, 5.74) is 0.156. The highest BCUT2D eigenvalue weighted by Gasteiger charge is 2.57. The molecule has 2 N–H and O–H groups in total. The minimum atomic E-state index is -3.37. The number of piperazine rings is 1. The number of fused-ring (bicyclic) bond motifs is 2. The lowest BCUT2D eigenvalue weighted by Crippen LogP contribution is -2.50. The Morgan fingerprint density at radius 3 is 2.63 bits per heavy atom. The standard InChI is InChI=1S/C29H34F2N8O2/c1-4-13-38-26(40)22-18-32-27(33-20-6-8-21(9-7-20)37-16-14-36(3)15-17-37)35-25(22)39(38)23-10-5-19-11-12-29(41,24(19)34-23)28(2,30)31/h4-9,18,23,41H,1,10-17H2,2-3H3,(H,32,33,35). The highest BCUT2D eigenvalue weighted by atomic mass is 19.3. The molecule has 0 radical (unpaired) electrons. The van der Waals surface area contributed by atoms with Crippen LogP contribution in [0.3, 0.4) is 0 Å². The number of benzene rings is 1. The third kappa shape index (κ3) is 4.74. The number of dihydropyridines is 1. The van der Waals surface area contributed by atoms with Crippen LogP contribution in [0.5, 0.6) is 0 Å². The van der Waals surface area contributed by atoms with Gasteiger partial charge in [0.05, 0.1) is 12.3 Å². The number of aromatic nitrogens is 4. The maximum Gasteiger partial charge on any atom is 0.279 e. The van der Waals surface area contributed by atoms with Crippen molar-refractivity contribution in [3.8, 4) is 0 Å². The molecule has 2 aliphatic heterocycles. The van der Waals surface area contributed by atoms with Gasteiger partial charge < -0.3 is 20.2 Å². The highest BCUT2D eigenvalue weighted by Crippen LogP contribution is 2.45. The van der Waals surface area contributed by atoms with Gasteiger partial charge in [0.1, 0.15) is 11.6 Å². The zero-order valence-electron chi connectivity index (χ0n) is 23.2. The van der Waals surface area contributed by atoms with Crippen LogP contribution >= 0.6 is 0 Å². The van der Waals surface area contributed by atoms with Crippen molar-refractivity contribution in [2.24, 2.45) is 4.99 Å². The molecule has 2 aromatic heterocycles. The number of nitrogens with zero attached hydrogens (tertiary/aromatic N) is 7. The molecule has 4 heterocycles. The number of rotatable bonds is 7. The molecule has 2 atom stereocenters. The Balaban J connectivity index is 1.34. The van der Waals surface area contributed by atoms with E-state index in [9.17, 15) is 18.7 Å². The van der Waals surface area contributed by atoms with Crippen molar-refractivity contribution in [1.82, 2.24) is 24.2 Å². The van der Waals surface area contributed by atoms with E-state index in [1.165, 1.54) is 10.9 Å². The minimum absolute atomic E-state index is 0.0199. The van der Waals surface area contributed by atoms with Gasteiger partial charge in [0, 0.05) is 57.1 Å². The maximum atomic E-state index is 14.5. The van der Waals surface area contributed by atoms with Crippen LogP contribution in [0.2, 0.25) is 0 Å². The summed E-state index contributed by atoms with van der Waals surface area (Å²) < 4.78 is 32.1. The summed E-state index contributed by atoms with van der Waals surface area (Å²) in [5, 5.41) is 14.4. The van der Waals surface area contributed by atoms with E-state index in [2.05, 4.69) is 55.8 Å². The Morgan fingerprint density at radius 2 is 1.95 bits per heavy atom. The van der Waals surface area contributed by atoms with Crippen LogP contribution in [0, 0.1) is 0 Å². The maximum absolute atomic E-state index is 14.5. The normalized spacial score (nSPS) is 23.3. The molecule has 0 bridgehead atoms. The van der Waals surface area contributed by atoms with Crippen molar-refractivity contribution in [2.45, 2.75) is 50.4 Å². The number of allylic oxidation sites excluding steroid dienone is 1. The molecule has 1 aromatic carbocycles. The van der Waals surface area contributed by atoms with Gasteiger partial charge in [-0.3, -0.25) is 9.79 Å². The summed E-state index contributed by atoms with van der Waals surface area (Å²) in [5.74, 6) is -3.09. The van der Waals surface area contributed by atoms with Crippen LogP contribution in [0.15, 0.2) is 64.6 Å². The van der Waals surface area contributed by atoms with Crippen molar-refractivity contribution in [3.63, 3.8) is 0 Å². The Labute approximate surface area is 236 Å². The van der Waals surface area contributed by atoms with Crippen LogP contribution in [0.1, 0.15) is 32.4 Å². The Bertz CT molecular complexity index is 1600. The van der Waals surface area contributed by atoms with Gasteiger partial charge in [-0.15, -0.1) is 6.58 Å². The van der Waals surface area contributed by atoms with Crippen LogP contribution in [-0.2, 0) is 6.54 Å². The van der Waals surface area contributed by atoms with Crippen molar-refractivity contribution in [1.29, 1.82) is 0 Å². The van der Waals surface area contributed by atoms with E-state index in [0.29, 0.717) is 31.0 Å². The first-order valence-electron chi connectivity index (χ1n) is 13.9. The minimum Gasteiger partial charge on any atom is -0.377 e. The predicted octanol–water partition coefficient (Wildman–Crippen LogP) is 3.72. The van der Waals surface area contributed by atoms with E-state index in [1.54, 1.807) is 10.8 Å². The summed E-state index contributed by atoms with van der Waals surface area (Å²) in [6.07, 6.45) is 4.69. The number of hydrogen-bond donors (Lipinski definition) is 2. The quantitative estimate of drug-likeness (QED) is 0.422. The molecular weight excluding hydrogens is 530 g/mol. The fourth-order valence-corrected chi connectivity index (χ4v) is 5.89. The summed E-state index contributed by atoms with van der Waals surface area (Å²) in [6.45, 7) is 8.62. The average molecular weight is 565 g/mol. The van der Waals surface area contributed by atoms with Gasteiger partial charge in [-0.05, 0) is 49.7 Å². The van der Waals surface area contributed by atoms with Crippen molar-refractivity contribution >= 4 is 34.1 Å². The molecule has 1 saturated heterocycles. The fraction of sp³-hybridized carbons (Fsp3) is 0.448. The number of anilines is 3. The van der Waals surface area contributed by atoms with E-state index in [0.717, 1.165) is 37.6 Å². The second-order valence-electron chi connectivity index (χ2n) is 11.1. The van der Waals surface area contributed by atoms with Crippen LogP contribution in [-0.4, -0.2) is 79.8 Å². The molecule has 12 heteroatoms. The molecule has 6 rings (SSSR count). The molecule has 10 nitrogen and oxygen atoms in total. The molecule has 1 saturated carbocycles. The fourth-order valence-electron chi connectivity index (χ4n) is 5.89. The van der Waals surface area contributed by atoms with Gasteiger partial charge in [0.2, 0.25) is 5.95 Å². The monoisotopic (exact) mass is 564 g/mol. The third-order valence-electron chi connectivity index (χ3n) is 8.32. The Morgan fingerprint density at radius 1 is 1.22 bits per heavy atom. The van der Waals surface area contributed by atoms with Gasteiger partial charge in [-0.2, -0.15) is 4.98 Å². The SMILES string of the molecule is C=CCn1c(=O)c2cnc(Nc3ccc(N4CCN(C)CC4)cc3)nc2n1C1CC=C2CCC(O)(C(C)(F)F)C2=N1. The average Bonchev–Trinajstić information content (AvgIpc) is 3.44. The molecule has 2 fully saturated rings. The van der Waals surface area contributed by atoms with Gasteiger partial charge in [-0.25, -0.2) is 23.1 Å². The van der Waals surface area contributed by atoms with E-state index >= 15 is 0 Å². The number of aliphatic imine (C=N–C) groups is 1. The molecule has 3 aliphatic rings. The molecule has 3 aromatic rings.